The number of rotatable bonds is 7. The van der Waals surface area contributed by atoms with Crippen LogP contribution >= 0.6 is 0 Å². The van der Waals surface area contributed by atoms with Gasteiger partial charge in [0.2, 0.25) is 5.95 Å². The highest BCUT2D eigenvalue weighted by molar-refractivity contribution is 5.96. The molecule has 0 unspecified atom stereocenters. The van der Waals surface area contributed by atoms with Gasteiger partial charge in [0, 0.05) is 35.0 Å². The third-order valence-corrected chi connectivity index (χ3v) is 5.77. The van der Waals surface area contributed by atoms with E-state index in [4.69, 9.17) is 4.74 Å². The van der Waals surface area contributed by atoms with Crippen LogP contribution in [0.3, 0.4) is 0 Å². The summed E-state index contributed by atoms with van der Waals surface area (Å²) in [6.07, 6.45) is 1.87. The molecule has 4 aromatic rings. The highest BCUT2D eigenvalue weighted by atomic mass is 16.5. The third kappa shape index (κ3) is 7.13. The SMILES string of the molecule is COc1cc(C(=O)NC(C)(C)C)ccc1Nc1nc2ccc(-c3cccc(C(=O)NCC(C)(C)C)c3)cn2n1. The van der Waals surface area contributed by atoms with E-state index in [0.29, 0.717) is 40.7 Å². The van der Waals surface area contributed by atoms with Gasteiger partial charge >= 0.3 is 0 Å². The molecular formula is C30H36N6O3. The monoisotopic (exact) mass is 528 g/mol. The zero-order valence-corrected chi connectivity index (χ0v) is 23.5. The molecule has 0 saturated carbocycles. The second-order valence-electron chi connectivity index (χ2n) is 11.7. The average Bonchev–Trinajstić information content (AvgIpc) is 3.27. The second-order valence-corrected chi connectivity index (χ2v) is 11.7. The van der Waals surface area contributed by atoms with E-state index in [1.165, 1.54) is 0 Å². The van der Waals surface area contributed by atoms with Crippen molar-refractivity contribution in [2.24, 2.45) is 5.41 Å². The molecule has 0 atom stereocenters. The van der Waals surface area contributed by atoms with Crippen molar-refractivity contribution in [1.29, 1.82) is 0 Å². The van der Waals surface area contributed by atoms with Gasteiger partial charge in [-0.15, -0.1) is 5.10 Å². The quantitative estimate of drug-likeness (QED) is 0.294. The number of carbonyl (C=O) groups excluding carboxylic acids is 2. The molecule has 39 heavy (non-hydrogen) atoms. The molecule has 0 aliphatic carbocycles. The minimum absolute atomic E-state index is 0.00405. The predicted octanol–water partition coefficient (Wildman–Crippen LogP) is 5.45. The number of anilines is 2. The molecule has 0 spiro atoms. The van der Waals surface area contributed by atoms with Gasteiger partial charge in [0.25, 0.3) is 11.8 Å². The maximum Gasteiger partial charge on any atom is 0.251 e. The van der Waals surface area contributed by atoms with Crippen molar-refractivity contribution < 1.29 is 14.3 Å². The number of methoxy groups -OCH3 is 1. The first-order chi connectivity index (χ1) is 18.3. The molecule has 2 aromatic carbocycles. The van der Waals surface area contributed by atoms with Gasteiger partial charge in [-0.1, -0.05) is 32.9 Å². The van der Waals surface area contributed by atoms with E-state index in [2.05, 4.69) is 46.8 Å². The van der Waals surface area contributed by atoms with Crippen molar-refractivity contribution in [3.05, 3.63) is 71.9 Å². The van der Waals surface area contributed by atoms with Crippen LogP contribution in [-0.4, -0.2) is 45.6 Å². The Kier molecular flexibility index (Phi) is 7.63. The van der Waals surface area contributed by atoms with Crippen LogP contribution < -0.4 is 20.7 Å². The van der Waals surface area contributed by atoms with Crippen molar-refractivity contribution in [2.45, 2.75) is 47.1 Å². The zero-order valence-electron chi connectivity index (χ0n) is 23.5. The summed E-state index contributed by atoms with van der Waals surface area (Å²) in [4.78, 5) is 29.8. The Morgan fingerprint density at radius 3 is 2.33 bits per heavy atom. The fraction of sp³-hybridized carbons (Fsp3) is 0.333. The van der Waals surface area contributed by atoms with Crippen LogP contribution in [0.15, 0.2) is 60.8 Å². The molecule has 2 amide bonds. The first kappa shape index (κ1) is 27.6. The number of ether oxygens (including phenoxy) is 1. The maximum atomic E-state index is 12.7. The van der Waals surface area contributed by atoms with Crippen molar-refractivity contribution >= 4 is 29.1 Å². The summed E-state index contributed by atoms with van der Waals surface area (Å²) in [6.45, 7) is 12.6. The van der Waals surface area contributed by atoms with Gasteiger partial charge in [0.15, 0.2) is 5.65 Å². The largest absolute Gasteiger partial charge is 0.495 e. The maximum absolute atomic E-state index is 12.7. The minimum Gasteiger partial charge on any atom is -0.495 e. The molecule has 2 heterocycles. The number of amides is 2. The Bertz CT molecular complexity index is 1510. The van der Waals surface area contributed by atoms with Gasteiger partial charge in [0.05, 0.1) is 12.8 Å². The van der Waals surface area contributed by atoms with E-state index in [-0.39, 0.29) is 22.8 Å². The number of fused-ring (bicyclic) bond motifs is 1. The van der Waals surface area contributed by atoms with E-state index in [0.717, 1.165) is 11.1 Å². The van der Waals surface area contributed by atoms with E-state index in [1.807, 2.05) is 63.4 Å². The average molecular weight is 529 g/mol. The standard InChI is InChI=1S/C30H36N6O3/c1-29(2,3)18-31-26(37)20-10-8-9-19(15-20)22-12-14-25-33-28(35-36(25)17-22)32-23-13-11-21(16-24(23)39-7)27(38)34-30(4,5)6/h8-17H,18H2,1-7H3,(H,31,37)(H,32,35)(H,34,38). The zero-order chi connectivity index (χ0) is 28.4. The lowest BCUT2D eigenvalue weighted by Gasteiger charge is -2.21. The Labute approximate surface area is 229 Å². The molecule has 0 aliphatic heterocycles. The van der Waals surface area contributed by atoms with Gasteiger partial charge in [0.1, 0.15) is 5.75 Å². The van der Waals surface area contributed by atoms with Crippen molar-refractivity contribution in [3.8, 4) is 16.9 Å². The third-order valence-electron chi connectivity index (χ3n) is 5.77. The van der Waals surface area contributed by atoms with Crippen LogP contribution in [0.4, 0.5) is 11.6 Å². The Balaban J connectivity index is 1.54. The van der Waals surface area contributed by atoms with Crippen LogP contribution in [-0.2, 0) is 0 Å². The first-order valence-electron chi connectivity index (χ1n) is 12.8. The molecular weight excluding hydrogens is 492 g/mol. The molecule has 9 nitrogen and oxygen atoms in total. The van der Waals surface area contributed by atoms with E-state index in [9.17, 15) is 9.59 Å². The fourth-order valence-corrected chi connectivity index (χ4v) is 3.86. The summed E-state index contributed by atoms with van der Waals surface area (Å²) in [5.41, 5.74) is 3.84. The van der Waals surface area contributed by atoms with E-state index in [1.54, 1.807) is 29.8 Å². The summed E-state index contributed by atoms with van der Waals surface area (Å²) >= 11 is 0. The first-order valence-corrected chi connectivity index (χ1v) is 12.8. The smallest absolute Gasteiger partial charge is 0.251 e. The van der Waals surface area contributed by atoms with Crippen molar-refractivity contribution in [1.82, 2.24) is 25.2 Å². The summed E-state index contributed by atoms with van der Waals surface area (Å²) in [7, 11) is 1.55. The molecule has 2 aromatic heterocycles. The molecule has 204 valence electrons. The number of hydrogen-bond acceptors (Lipinski definition) is 6. The van der Waals surface area contributed by atoms with Crippen molar-refractivity contribution in [3.63, 3.8) is 0 Å². The second kappa shape index (κ2) is 10.8. The number of benzene rings is 2. The normalized spacial score (nSPS) is 11.8. The van der Waals surface area contributed by atoms with Gasteiger partial charge in [-0.3, -0.25) is 9.59 Å². The van der Waals surface area contributed by atoms with E-state index >= 15 is 0 Å². The number of carbonyl (C=O) groups is 2. The molecule has 0 saturated heterocycles. The van der Waals surface area contributed by atoms with Gasteiger partial charge in [-0.2, -0.15) is 4.98 Å². The molecule has 0 aliphatic rings. The lowest BCUT2D eigenvalue weighted by molar-refractivity contribution is 0.0916. The van der Waals surface area contributed by atoms with Crippen LogP contribution in [0.1, 0.15) is 62.3 Å². The van der Waals surface area contributed by atoms with Gasteiger partial charge < -0.3 is 20.7 Å². The molecule has 0 bridgehead atoms. The lowest BCUT2D eigenvalue weighted by atomic mass is 9.96. The Morgan fingerprint density at radius 2 is 1.64 bits per heavy atom. The summed E-state index contributed by atoms with van der Waals surface area (Å²) in [5.74, 6) is 0.600. The summed E-state index contributed by atoms with van der Waals surface area (Å²) in [6, 6.07) is 16.5. The van der Waals surface area contributed by atoms with Crippen molar-refractivity contribution in [2.75, 3.05) is 19.0 Å². The molecule has 3 N–H and O–H groups in total. The predicted molar refractivity (Wildman–Crippen MR) is 154 cm³/mol. The molecule has 9 heteroatoms. The Morgan fingerprint density at radius 1 is 0.897 bits per heavy atom. The Hall–Kier alpha value is -4.40. The van der Waals surface area contributed by atoms with E-state index < -0.39 is 0 Å². The molecule has 0 fully saturated rings. The number of hydrogen-bond donors (Lipinski definition) is 3. The van der Waals surface area contributed by atoms with Crippen LogP contribution in [0, 0.1) is 5.41 Å². The highest BCUT2D eigenvalue weighted by Crippen LogP contribution is 2.29. The van der Waals surface area contributed by atoms with Crippen LogP contribution in [0.2, 0.25) is 0 Å². The minimum atomic E-state index is -0.347. The number of pyridine rings is 1. The fourth-order valence-electron chi connectivity index (χ4n) is 3.86. The topological polar surface area (TPSA) is 110 Å². The van der Waals surface area contributed by atoms with Crippen LogP contribution in [0.5, 0.6) is 5.75 Å². The van der Waals surface area contributed by atoms with Gasteiger partial charge in [-0.25, -0.2) is 4.52 Å². The lowest BCUT2D eigenvalue weighted by Crippen LogP contribution is -2.40. The summed E-state index contributed by atoms with van der Waals surface area (Å²) < 4.78 is 7.20. The molecule has 4 rings (SSSR count). The summed E-state index contributed by atoms with van der Waals surface area (Å²) in [5, 5.41) is 13.7. The molecule has 0 radical (unpaired) electrons. The number of nitrogens with zero attached hydrogens (tertiary/aromatic N) is 3. The number of nitrogens with one attached hydrogen (secondary N) is 3. The highest BCUT2D eigenvalue weighted by Gasteiger charge is 2.18. The van der Waals surface area contributed by atoms with Gasteiger partial charge in [-0.05, 0) is 74.2 Å². The number of aromatic nitrogens is 3. The van der Waals surface area contributed by atoms with Crippen LogP contribution in [0.25, 0.3) is 16.8 Å².